The second kappa shape index (κ2) is 4.19. The van der Waals surface area contributed by atoms with Crippen LogP contribution < -0.4 is 5.32 Å². The number of carbonyl (C=O) groups excluding carboxylic acids is 1. The second-order valence-corrected chi connectivity index (χ2v) is 6.23. The van der Waals surface area contributed by atoms with Crippen LogP contribution in [0.2, 0.25) is 0 Å². The maximum absolute atomic E-state index is 13.4. The minimum atomic E-state index is -2.52. The summed E-state index contributed by atoms with van der Waals surface area (Å²) >= 11 is 0. The Kier molecular flexibility index (Phi) is 2.61. The molecule has 112 valence electrons. The van der Waals surface area contributed by atoms with Crippen molar-refractivity contribution in [2.24, 2.45) is 5.41 Å². The Balaban J connectivity index is 1.46. The molecule has 1 N–H and O–H groups in total. The first-order valence-corrected chi connectivity index (χ1v) is 7.21. The lowest BCUT2D eigenvalue weighted by Gasteiger charge is -2.33. The van der Waals surface area contributed by atoms with Crippen molar-refractivity contribution in [1.29, 1.82) is 0 Å². The SMILES string of the molecule is O=C(C1NCc2ncncc21)N1CCC2(CC1)CC2(F)F. The molecule has 1 amide bonds. The number of rotatable bonds is 1. The summed E-state index contributed by atoms with van der Waals surface area (Å²) in [5, 5.41) is 3.13. The zero-order valence-corrected chi connectivity index (χ0v) is 11.5. The average molecular weight is 294 g/mol. The van der Waals surface area contributed by atoms with Gasteiger partial charge in [0.1, 0.15) is 12.4 Å². The molecule has 7 heteroatoms. The number of fused-ring (bicyclic) bond motifs is 1. The first-order valence-electron chi connectivity index (χ1n) is 7.21. The Labute approximate surface area is 120 Å². The zero-order valence-electron chi connectivity index (χ0n) is 11.5. The minimum Gasteiger partial charge on any atom is -0.341 e. The molecule has 2 aliphatic heterocycles. The number of halogens is 2. The van der Waals surface area contributed by atoms with Crippen LogP contribution in [0.15, 0.2) is 12.5 Å². The van der Waals surface area contributed by atoms with Gasteiger partial charge in [0, 0.05) is 43.2 Å². The van der Waals surface area contributed by atoms with Crippen LogP contribution >= 0.6 is 0 Å². The number of hydrogen-bond acceptors (Lipinski definition) is 4. The zero-order chi connectivity index (χ0) is 14.7. The van der Waals surface area contributed by atoms with E-state index in [1.807, 2.05) is 0 Å². The van der Waals surface area contributed by atoms with Crippen LogP contribution in [0.25, 0.3) is 0 Å². The molecule has 0 aromatic carbocycles. The van der Waals surface area contributed by atoms with E-state index in [1.54, 1.807) is 11.1 Å². The summed E-state index contributed by atoms with van der Waals surface area (Å²) in [4.78, 5) is 22.4. The maximum Gasteiger partial charge on any atom is 0.254 e. The number of alkyl halides is 2. The van der Waals surface area contributed by atoms with Gasteiger partial charge in [0.15, 0.2) is 0 Å². The first-order chi connectivity index (χ1) is 10.0. The molecule has 0 radical (unpaired) electrons. The van der Waals surface area contributed by atoms with Crippen LogP contribution in [0, 0.1) is 5.41 Å². The summed E-state index contributed by atoms with van der Waals surface area (Å²) in [5.41, 5.74) is 0.818. The number of aromatic nitrogens is 2. The van der Waals surface area contributed by atoms with Gasteiger partial charge in [0.05, 0.1) is 5.69 Å². The molecule has 5 nitrogen and oxygen atoms in total. The predicted octanol–water partition coefficient (Wildman–Crippen LogP) is 1.27. The fraction of sp³-hybridized carbons (Fsp3) is 0.643. The number of nitrogens with zero attached hydrogens (tertiary/aromatic N) is 3. The molecule has 3 heterocycles. The maximum atomic E-state index is 13.4. The van der Waals surface area contributed by atoms with Crippen molar-refractivity contribution in [2.45, 2.75) is 37.8 Å². The summed E-state index contributed by atoms with van der Waals surface area (Å²) < 4.78 is 26.7. The largest absolute Gasteiger partial charge is 0.341 e. The van der Waals surface area contributed by atoms with E-state index in [1.165, 1.54) is 6.33 Å². The van der Waals surface area contributed by atoms with Crippen LogP contribution in [0.3, 0.4) is 0 Å². The van der Waals surface area contributed by atoms with E-state index in [9.17, 15) is 13.6 Å². The molecular weight excluding hydrogens is 278 g/mol. The molecule has 2 fully saturated rings. The van der Waals surface area contributed by atoms with Crippen LogP contribution in [-0.4, -0.2) is 39.8 Å². The Bertz CT molecular complexity index is 598. The Morgan fingerprint density at radius 2 is 2.10 bits per heavy atom. The molecule has 3 aliphatic rings. The molecule has 1 unspecified atom stereocenters. The van der Waals surface area contributed by atoms with Gasteiger partial charge >= 0.3 is 0 Å². The second-order valence-electron chi connectivity index (χ2n) is 6.23. The van der Waals surface area contributed by atoms with Crippen molar-refractivity contribution in [3.63, 3.8) is 0 Å². The van der Waals surface area contributed by atoms with Crippen LogP contribution in [0.1, 0.15) is 36.6 Å². The molecule has 4 rings (SSSR count). The molecule has 1 atom stereocenters. The Hall–Kier alpha value is -1.63. The molecule has 1 saturated carbocycles. The van der Waals surface area contributed by atoms with Crippen molar-refractivity contribution in [1.82, 2.24) is 20.2 Å². The van der Waals surface area contributed by atoms with E-state index >= 15 is 0 Å². The topological polar surface area (TPSA) is 58.1 Å². The average Bonchev–Trinajstić information content (AvgIpc) is 2.86. The monoisotopic (exact) mass is 294 g/mol. The fourth-order valence-electron chi connectivity index (χ4n) is 3.54. The minimum absolute atomic E-state index is 0.0135. The van der Waals surface area contributed by atoms with E-state index in [2.05, 4.69) is 15.3 Å². The number of nitrogens with one attached hydrogen (secondary N) is 1. The highest BCUT2D eigenvalue weighted by Crippen LogP contribution is 2.65. The van der Waals surface area contributed by atoms with Gasteiger partial charge in [-0.15, -0.1) is 0 Å². The fourth-order valence-corrected chi connectivity index (χ4v) is 3.54. The highest BCUT2D eigenvalue weighted by atomic mass is 19.3. The van der Waals surface area contributed by atoms with E-state index in [0.717, 1.165) is 11.3 Å². The number of hydrogen-bond donors (Lipinski definition) is 1. The third kappa shape index (κ3) is 1.87. The van der Waals surface area contributed by atoms with Gasteiger partial charge in [-0.25, -0.2) is 18.7 Å². The van der Waals surface area contributed by atoms with Crippen molar-refractivity contribution in [3.8, 4) is 0 Å². The van der Waals surface area contributed by atoms with Crippen LogP contribution in [0.4, 0.5) is 8.78 Å². The quantitative estimate of drug-likeness (QED) is 0.847. The number of likely N-dealkylation sites (tertiary alicyclic amines) is 1. The van der Waals surface area contributed by atoms with Gasteiger partial charge in [0.25, 0.3) is 5.92 Å². The molecule has 1 spiro atoms. The van der Waals surface area contributed by atoms with Gasteiger partial charge < -0.3 is 4.90 Å². The summed E-state index contributed by atoms with van der Waals surface area (Å²) in [5.74, 6) is -2.57. The van der Waals surface area contributed by atoms with Crippen molar-refractivity contribution >= 4 is 5.91 Å². The normalized spacial score (nSPS) is 28.5. The smallest absolute Gasteiger partial charge is 0.254 e. The Morgan fingerprint density at radius 1 is 1.38 bits per heavy atom. The molecule has 0 bridgehead atoms. The lowest BCUT2D eigenvalue weighted by Crippen LogP contribution is -2.44. The number of amides is 1. The van der Waals surface area contributed by atoms with E-state index in [0.29, 0.717) is 32.5 Å². The third-order valence-corrected chi connectivity index (χ3v) is 5.10. The number of piperidine rings is 1. The van der Waals surface area contributed by atoms with Gasteiger partial charge in [-0.05, 0) is 12.8 Å². The first kappa shape index (κ1) is 13.1. The standard InChI is InChI=1S/C14H16F2N4O/c15-14(16)7-13(14)1-3-20(4-2-13)12(21)11-9-5-17-8-19-10(9)6-18-11/h5,8,11,18H,1-4,6-7H2. The molecular formula is C14H16F2N4O. The van der Waals surface area contributed by atoms with Gasteiger partial charge in [-0.1, -0.05) is 0 Å². The van der Waals surface area contributed by atoms with E-state index in [-0.39, 0.29) is 12.3 Å². The molecule has 1 aromatic heterocycles. The molecule has 1 aromatic rings. The highest BCUT2D eigenvalue weighted by Gasteiger charge is 2.70. The highest BCUT2D eigenvalue weighted by molar-refractivity contribution is 5.84. The van der Waals surface area contributed by atoms with Crippen LogP contribution in [0.5, 0.6) is 0 Å². The van der Waals surface area contributed by atoms with Crippen LogP contribution in [-0.2, 0) is 11.3 Å². The molecule has 1 aliphatic carbocycles. The summed E-state index contributed by atoms with van der Waals surface area (Å²) in [6.07, 6.45) is 3.91. The predicted molar refractivity (Wildman–Crippen MR) is 69.4 cm³/mol. The summed E-state index contributed by atoms with van der Waals surface area (Å²) in [6.45, 7) is 1.37. The molecule has 1 saturated heterocycles. The van der Waals surface area contributed by atoms with Gasteiger partial charge in [-0.3, -0.25) is 10.1 Å². The van der Waals surface area contributed by atoms with Crippen molar-refractivity contribution in [2.75, 3.05) is 13.1 Å². The number of carbonyl (C=O) groups is 1. The third-order valence-electron chi connectivity index (χ3n) is 5.10. The Morgan fingerprint density at radius 3 is 2.76 bits per heavy atom. The van der Waals surface area contributed by atoms with Crippen molar-refractivity contribution in [3.05, 3.63) is 23.8 Å². The summed E-state index contributed by atoms with van der Waals surface area (Å²) in [7, 11) is 0. The van der Waals surface area contributed by atoms with E-state index < -0.39 is 17.4 Å². The van der Waals surface area contributed by atoms with Crippen molar-refractivity contribution < 1.29 is 13.6 Å². The van der Waals surface area contributed by atoms with Gasteiger partial charge in [-0.2, -0.15) is 0 Å². The lowest BCUT2D eigenvalue weighted by molar-refractivity contribution is -0.135. The van der Waals surface area contributed by atoms with Gasteiger partial charge in [0.2, 0.25) is 5.91 Å². The molecule has 21 heavy (non-hydrogen) atoms. The van der Waals surface area contributed by atoms with E-state index in [4.69, 9.17) is 0 Å². The summed E-state index contributed by atoms with van der Waals surface area (Å²) in [6, 6.07) is -0.435. The lowest BCUT2D eigenvalue weighted by atomic mass is 9.92.